The quantitative estimate of drug-likeness (QED) is 0.795. The van der Waals surface area contributed by atoms with E-state index in [0.717, 1.165) is 12.1 Å². The van der Waals surface area contributed by atoms with Gasteiger partial charge in [0.2, 0.25) is 0 Å². The molecule has 6 heteroatoms. The van der Waals surface area contributed by atoms with Gasteiger partial charge in [-0.15, -0.1) is 0 Å². The molecule has 0 radical (unpaired) electrons. The van der Waals surface area contributed by atoms with Crippen LogP contribution in [0.5, 0.6) is 0 Å². The van der Waals surface area contributed by atoms with Crippen LogP contribution in [0.15, 0.2) is 18.2 Å². The van der Waals surface area contributed by atoms with Crippen LogP contribution >= 0.6 is 23.2 Å². The number of rotatable bonds is 5. The molecule has 0 aliphatic heterocycles. The molecule has 0 heterocycles. The maximum Gasteiger partial charge on any atom is 0.407 e. The summed E-state index contributed by atoms with van der Waals surface area (Å²) in [6.07, 6.45) is 0.348. The lowest BCUT2D eigenvalue weighted by Crippen LogP contribution is -2.33. The van der Waals surface area contributed by atoms with Crippen molar-refractivity contribution in [2.45, 2.75) is 32.8 Å². The molecule has 0 atom stereocenters. The van der Waals surface area contributed by atoms with E-state index in [9.17, 15) is 4.79 Å². The molecule has 0 saturated heterocycles. The minimum Gasteiger partial charge on any atom is -0.444 e. The summed E-state index contributed by atoms with van der Waals surface area (Å²) < 4.78 is 5.13. The molecule has 1 amide bonds. The van der Waals surface area contributed by atoms with Crippen molar-refractivity contribution in [3.05, 3.63) is 28.2 Å². The summed E-state index contributed by atoms with van der Waals surface area (Å²) in [4.78, 5) is 11.4. The van der Waals surface area contributed by atoms with Crippen LogP contribution in [0.2, 0.25) is 10.0 Å². The SMILES string of the molecule is CC(C)(C)OC(=O)NCCCNc1cccc(Cl)c1Cl. The Morgan fingerprint density at radius 3 is 2.60 bits per heavy atom. The zero-order valence-corrected chi connectivity index (χ0v) is 13.4. The third-order valence-corrected chi connectivity index (χ3v) is 3.11. The molecule has 1 aromatic rings. The van der Waals surface area contributed by atoms with E-state index in [1.165, 1.54) is 0 Å². The van der Waals surface area contributed by atoms with E-state index in [1.807, 2.05) is 32.9 Å². The maximum atomic E-state index is 11.4. The first-order valence-electron chi connectivity index (χ1n) is 6.44. The maximum absolute atomic E-state index is 11.4. The van der Waals surface area contributed by atoms with Crippen molar-refractivity contribution < 1.29 is 9.53 Å². The minimum atomic E-state index is -0.476. The molecule has 1 aromatic carbocycles. The molecular formula is C14H20Cl2N2O2. The number of halogens is 2. The third kappa shape index (κ3) is 6.35. The molecule has 0 saturated carbocycles. The second-order valence-electron chi connectivity index (χ2n) is 5.31. The predicted molar refractivity (Wildman–Crippen MR) is 83.8 cm³/mol. The number of hydrogen-bond acceptors (Lipinski definition) is 3. The van der Waals surface area contributed by atoms with Gasteiger partial charge in [0, 0.05) is 13.1 Å². The molecule has 112 valence electrons. The summed E-state index contributed by atoms with van der Waals surface area (Å²) in [6.45, 7) is 6.69. The summed E-state index contributed by atoms with van der Waals surface area (Å²) in [5.74, 6) is 0. The lowest BCUT2D eigenvalue weighted by Gasteiger charge is -2.19. The highest BCUT2D eigenvalue weighted by atomic mass is 35.5. The highest BCUT2D eigenvalue weighted by Gasteiger charge is 2.15. The van der Waals surface area contributed by atoms with Crippen LogP contribution in [-0.4, -0.2) is 24.8 Å². The van der Waals surface area contributed by atoms with Gasteiger partial charge in [-0.05, 0) is 39.3 Å². The molecule has 1 rings (SSSR count). The third-order valence-electron chi connectivity index (χ3n) is 2.29. The average Bonchev–Trinajstić information content (AvgIpc) is 2.31. The van der Waals surface area contributed by atoms with Gasteiger partial charge < -0.3 is 15.4 Å². The van der Waals surface area contributed by atoms with Gasteiger partial charge in [-0.2, -0.15) is 0 Å². The number of hydrogen-bond donors (Lipinski definition) is 2. The Morgan fingerprint density at radius 1 is 1.25 bits per heavy atom. The summed E-state index contributed by atoms with van der Waals surface area (Å²) >= 11 is 12.0. The fourth-order valence-corrected chi connectivity index (χ4v) is 1.82. The number of ether oxygens (including phenoxy) is 1. The Kier molecular flexibility index (Phi) is 6.43. The van der Waals surface area contributed by atoms with Gasteiger partial charge in [-0.1, -0.05) is 29.3 Å². The highest BCUT2D eigenvalue weighted by molar-refractivity contribution is 6.43. The smallest absolute Gasteiger partial charge is 0.407 e. The van der Waals surface area contributed by atoms with Crippen LogP contribution in [0.25, 0.3) is 0 Å². The van der Waals surface area contributed by atoms with Gasteiger partial charge >= 0.3 is 6.09 Å². The number of anilines is 1. The van der Waals surface area contributed by atoms with E-state index in [-0.39, 0.29) is 0 Å². The summed E-state index contributed by atoms with van der Waals surface area (Å²) in [7, 11) is 0. The summed E-state index contributed by atoms with van der Waals surface area (Å²) in [5, 5.41) is 6.88. The van der Waals surface area contributed by atoms with Crippen molar-refractivity contribution in [2.75, 3.05) is 18.4 Å². The van der Waals surface area contributed by atoms with Gasteiger partial charge in [0.15, 0.2) is 0 Å². The topological polar surface area (TPSA) is 50.4 Å². The molecule has 0 spiro atoms. The van der Waals surface area contributed by atoms with E-state index in [4.69, 9.17) is 27.9 Å². The number of alkyl carbamates (subject to hydrolysis) is 1. The van der Waals surface area contributed by atoms with Gasteiger partial charge in [-0.3, -0.25) is 0 Å². The van der Waals surface area contributed by atoms with E-state index in [0.29, 0.717) is 23.1 Å². The minimum absolute atomic E-state index is 0.404. The van der Waals surface area contributed by atoms with Crippen LogP contribution in [-0.2, 0) is 4.74 Å². The van der Waals surface area contributed by atoms with E-state index in [2.05, 4.69) is 10.6 Å². The Bertz CT molecular complexity index is 459. The summed E-state index contributed by atoms with van der Waals surface area (Å²) in [6, 6.07) is 5.42. The molecule has 0 aliphatic rings. The number of nitrogens with one attached hydrogen (secondary N) is 2. The second kappa shape index (κ2) is 7.60. The average molecular weight is 319 g/mol. The van der Waals surface area contributed by atoms with Crippen LogP contribution in [0, 0.1) is 0 Å². The number of carbonyl (C=O) groups is 1. The molecule has 0 aromatic heterocycles. The lowest BCUT2D eigenvalue weighted by molar-refractivity contribution is 0.0528. The van der Waals surface area contributed by atoms with Crippen molar-refractivity contribution in [2.24, 2.45) is 0 Å². The first-order chi connectivity index (χ1) is 9.29. The molecule has 2 N–H and O–H groups in total. The van der Waals surface area contributed by atoms with Gasteiger partial charge in [0.25, 0.3) is 0 Å². The van der Waals surface area contributed by atoms with Crippen molar-refractivity contribution in [1.82, 2.24) is 5.32 Å². The van der Waals surface area contributed by atoms with Crippen LogP contribution in [0.4, 0.5) is 10.5 Å². The Balaban J connectivity index is 2.23. The molecule has 4 nitrogen and oxygen atoms in total. The Morgan fingerprint density at radius 2 is 1.95 bits per heavy atom. The molecule has 0 aliphatic carbocycles. The van der Waals surface area contributed by atoms with Crippen LogP contribution in [0.3, 0.4) is 0 Å². The molecule has 0 bridgehead atoms. The zero-order chi connectivity index (χ0) is 15.2. The molecular weight excluding hydrogens is 299 g/mol. The highest BCUT2D eigenvalue weighted by Crippen LogP contribution is 2.29. The van der Waals surface area contributed by atoms with Gasteiger partial charge in [0.1, 0.15) is 5.60 Å². The van der Waals surface area contributed by atoms with Crippen LogP contribution in [0.1, 0.15) is 27.2 Å². The standard InChI is InChI=1S/C14H20Cl2N2O2/c1-14(2,3)20-13(19)18-9-5-8-17-11-7-4-6-10(15)12(11)16/h4,6-7,17H,5,8-9H2,1-3H3,(H,18,19). The first-order valence-corrected chi connectivity index (χ1v) is 7.20. The molecule has 0 fully saturated rings. The molecule has 20 heavy (non-hydrogen) atoms. The summed E-state index contributed by atoms with van der Waals surface area (Å²) in [5.41, 5.74) is 0.313. The van der Waals surface area contributed by atoms with Gasteiger partial charge in [0.05, 0.1) is 15.7 Å². The Labute approximate surface area is 129 Å². The van der Waals surface area contributed by atoms with Crippen molar-refractivity contribution in [3.8, 4) is 0 Å². The second-order valence-corrected chi connectivity index (χ2v) is 6.10. The van der Waals surface area contributed by atoms with E-state index in [1.54, 1.807) is 6.07 Å². The van der Waals surface area contributed by atoms with Crippen molar-refractivity contribution in [3.63, 3.8) is 0 Å². The first kappa shape index (κ1) is 16.9. The van der Waals surface area contributed by atoms with Crippen molar-refractivity contribution >= 4 is 35.0 Å². The van der Waals surface area contributed by atoms with E-state index >= 15 is 0 Å². The monoisotopic (exact) mass is 318 g/mol. The largest absolute Gasteiger partial charge is 0.444 e. The van der Waals surface area contributed by atoms with Crippen LogP contribution < -0.4 is 10.6 Å². The number of amides is 1. The lowest BCUT2D eigenvalue weighted by atomic mass is 10.2. The predicted octanol–water partition coefficient (Wildman–Crippen LogP) is 4.32. The van der Waals surface area contributed by atoms with Gasteiger partial charge in [-0.25, -0.2) is 4.79 Å². The fraction of sp³-hybridized carbons (Fsp3) is 0.500. The number of benzene rings is 1. The zero-order valence-electron chi connectivity index (χ0n) is 11.9. The van der Waals surface area contributed by atoms with E-state index < -0.39 is 11.7 Å². The molecule has 0 unspecified atom stereocenters. The number of carbonyl (C=O) groups excluding carboxylic acids is 1. The fourth-order valence-electron chi connectivity index (χ4n) is 1.46. The Hall–Kier alpha value is -1.13. The normalized spacial score (nSPS) is 11.1. The van der Waals surface area contributed by atoms with Crippen molar-refractivity contribution in [1.29, 1.82) is 0 Å².